The zero-order valence-electron chi connectivity index (χ0n) is 12.1. The Kier molecular flexibility index (Phi) is 7.72. The molecule has 0 aliphatic carbocycles. The molecule has 19 heavy (non-hydrogen) atoms. The summed E-state index contributed by atoms with van der Waals surface area (Å²) < 4.78 is 1.74. The Morgan fingerprint density at radius 2 is 1.68 bits per heavy atom. The average Bonchev–Trinajstić information content (AvgIpc) is 2.78. The minimum atomic E-state index is 0.482. The highest BCUT2D eigenvalue weighted by molar-refractivity contribution is 5.47. The van der Waals surface area contributed by atoms with Gasteiger partial charge in [0.2, 0.25) is 0 Å². The van der Waals surface area contributed by atoms with Crippen molar-refractivity contribution in [2.24, 2.45) is 0 Å². The van der Waals surface area contributed by atoms with E-state index in [9.17, 15) is 0 Å². The molecule has 1 aromatic heterocycles. The molecule has 106 valence electrons. The second-order valence-corrected chi connectivity index (χ2v) is 5.11. The Hall–Kier alpha value is -1.50. The van der Waals surface area contributed by atoms with Crippen LogP contribution in [0.25, 0.3) is 0 Å². The number of hydrogen-bond donors (Lipinski definition) is 1. The molecule has 0 bridgehead atoms. The van der Waals surface area contributed by atoms with Crippen molar-refractivity contribution in [2.75, 3.05) is 5.73 Å². The van der Waals surface area contributed by atoms with Gasteiger partial charge in [0.05, 0.1) is 6.20 Å². The number of aromatic nitrogens is 2. The van der Waals surface area contributed by atoms with Crippen LogP contribution < -0.4 is 5.73 Å². The van der Waals surface area contributed by atoms with Crippen molar-refractivity contribution in [1.82, 2.24) is 9.78 Å². The summed E-state index contributed by atoms with van der Waals surface area (Å²) >= 11 is 0. The Morgan fingerprint density at radius 3 is 2.21 bits per heavy atom. The van der Waals surface area contributed by atoms with Crippen molar-refractivity contribution >= 4 is 5.82 Å². The summed E-state index contributed by atoms with van der Waals surface area (Å²) in [6.45, 7) is 3.07. The van der Waals surface area contributed by atoms with E-state index in [0.717, 1.165) is 13.0 Å². The van der Waals surface area contributed by atoms with Gasteiger partial charge in [-0.15, -0.1) is 0 Å². The van der Waals surface area contributed by atoms with E-state index < -0.39 is 0 Å². The fourth-order valence-corrected chi connectivity index (χ4v) is 2.23. The zero-order chi connectivity index (χ0) is 13.9. The third-order valence-corrected chi connectivity index (χ3v) is 3.47. The van der Waals surface area contributed by atoms with E-state index in [-0.39, 0.29) is 0 Å². The van der Waals surface area contributed by atoms with E-state index in [2.05, 4.69) is 12.0 Å². The third-order valence-electron chi connectivity index (χ3n) is 3.47. The maximum Gasteiger partial charge on any atom is 0.139 e. The minimum Gasteiger partial charge on any atom is -0.383 e. The van der Waals surface area contributed by atoms with E-state index in [4.69, 9.17) is 11.0 Å². The smallest absolute Gasteiger partial charge is 0.139 e. The summed E-state index contributed by atoms with van der Waals surface area (Å²) in [4.78, 5) is 0. The first-order valence-corrected chi connectivity index (χ1v) is 7.51. The first-order valence-electron chi connectivity index (χ1n) is 7.51. The van der Waals surface area contributed by atoms with Gasteiger partial charge in [-0.25, -0.2) is 4.68 Å². The molecule has 0 saturated carbocycles. The number of anilines is 1. The Balaban J connectivity index is 2.02. The maximum absolute atomic E-state index is 8.78. The van der Waals surface area contributed by atoms with Crippen LogP contribution in [-0.2, 0) is 6.54 Å². The summed E-state index contributed by atoms with van der Waals surface area (Å²) in [5, 5.41) is 12.9. The lowest BCUT2D eigenvalue weighted by Gasteiger charge is -2.04. The van der Waals surface area contributed by atoms with E-state index >= 15 is 0 Å². The number of nitrogen functional groups attached to an aromatic ring is 1. The molecule has 0 fully saturated rings. The fourth-order valence-electron chi connectivity index (χ4n) is 2.23. The summed E-state index contributed by atoms with van der Waals surface area (Å²) in [5.41, 5.74) is 6.28. The van der Waals surface area contributed by atoms with Crippen molar-refractivity contribution in [3.63, 3.8) is 0 Å². The molecule has 0 radical (unpaired) electrons. The molecule has 0 aliphatic rings. The highest BCUT2D eigenvalue weighted by Crippen LogP contribution is 2.12. The number of hydrogen-bond acceptors (Lipinski definition) is 3. The zero-order valence-corrected chi connectivity index (χ0v) is 12.1. The van der Waals surface area contributed by atoms with Crippen LogP contribution in [-0.4, -0.2) is 9.78 Å². The van der Waals surface area contributed by atoms with Crippen LogP contribution in [0.15, 0.2) is 6.20 Å². The van der Waals surface area contributed by atoms with Gasteiger partial charge in [0.15, 0.2) is 0 Å². The Morgan fingerprint density at radius 1 is 1.11 bits per heavy atom. The lowest BCUT2D eigenvalue weighted by atomic mass is 10.1. The standard InChI is InChI=1S/C15H26N4/c1-2-3-4-5-6-7-8-9-10-11-19-15(17)14(12-16)13-18-19/h13H,2-11,17H2,1H3. The van der Waals surface area contributed by atoms with Gasteiger partial charge >= 0.3 is 0 Å². The van der Waals surface area contributed by atoms with Crippen LogP contribution in [0, 0.1) is 11.3 Å². The van der Waals surface area contributed by atoms with Gasteiger partial charge in [0.1, 0.15) is 17.5 Å². The third kappa shape index (κ3) is 5.78. The van der Waals surface area contributed by atoms with Crippen LogP contribution in [0.1, 0.15) is 70.3 Å². The van der Waals surface area contributed by atoms with Gasteiger partial charge in [-0.2, -0.15) is 10.4 Å². The molecule has 4 nitrogen and oxygen atoms in total. The van der Waals surface area contributed by atoms with Gasteiger partial charge in [0, 0.05) is 6.54 Å². The van der Waals surface area contributed by atoms with Crippen LogP contribution in [0.2, 0.25) is 0 Å². The van der Waals surface area contributed by atoms with Gasteiger partial charge in [-0.05, 0) is 6.42 Å². The summed E-state index contributed by atoms with van der Waals surface area (Å²) in [6.07, 6.45) is 13.3. The molecule has 0 unspecified atom stereocenters. The molecule has 1 aromatic rings. The molecule has 1 rings (SSSR count). The van der Waals surface area contributed by atoms with Crippen molar-refractivity contribution in [3.05, 3.63) is 11.8 Å². The molecule has 2 N–H and O–H groups in total. The maximum atomic E-state index is 8.78. The average molecular weight is 262 g/mol. The second-order valence-electron chi connectivity index (χ2n) is 5.11. The quantitative estimate of drug-likeness (QED) is 0.651. The molecular weight excluding hydrogens is 236 g/mol. The Bertz CT molecular complexity index is 389. The summed E-state index contributed by atoms with van der Waals surface area (Å²) in [6, 6.07) is 2.04. The van der Waals surface area contributed by atoms with Gasteiger partial charge in [-0.1, -0.05) is 58.3 Å². The Labute approximate surface area is 116 Å². The molecule has 1 heterocycles. The normalized spacial score (nSPS) is 10.5. The molecule has 0 saturated heterocycles. The minimum absolute atomic E-state index is 0.482. The molecule has 0 aliphatic heterocycles. The van der Waals surface area contributed by atoms with Crippen molar-refractivity contribution in [3.8, 4) is 6.07 Å². The first kappa shape index (κ1) is 15.6. The van der Waals surface area contributed by atoms with E-state index in [1.54, 1.807) is 10.9 Å². The highest BCUT2D eigenvalue weighted by atomic mass is 15.3. The number of rotatable bonds is 10. The van der Waals surface area contributed by atoms with Gasteiger partial charge < -0.3 is 5.73 Å². The summed E-state index contributed by atoms with van der Waals surface area (Å²) in [5.74, 6) is 0.502. The molecule has 0 amide bonds. The van der Waals surface area contributed by atoms with Crippen LogP contribution in [0.4, 0.5) is 5.82 Å². The topological polar surface area (TPSA) is 67.6 Å². The van der Waals surface area contributed by atoms with Crippen LogP contribution >= 0.6 is 0 Å². The fraction of sp³-hybridized carbons (Fsp3) is 0.733. The lowest BCUT2D eigenvalue weighted by Crippen LogP contribution is -2.05. The number of nitrogens with zero attached hydrogens (tertiary/aromatic N) is 3. The molecule has 4 heteroatoms. The number of unbranched alkanes of at least 4 members (excludes halogenated alkanes) is 8. The molecule has 0 atom stereocenters. The van der Waals surface area contributed by atoms with Crippen LogP contribution in [0.3, 0.4) is 0 Å². The van der Waals surface area contributed by atoms with Crippen molar-refractivity contribution < 1.29 is 0 Å². The lowest BCUT2D eigenvalue weighted by molar-refractivity contribution is 0.521. The molecule has 0 aromatic carbocycles. The van der Waals surface area contributed by atoms with Gasteiger partial charge in [0.25, 0.3) is 0 Å². The van der Waals surface area contributed by atoms with Crippen molar-refractivity contribution in [1.29, 1.82) is 5.26 Å². The SMILES string of the molecule is CCCCCCCCCCCn1ncc(C#N)c1N. The molecular formula is C15H26N4. The first-order chi connectivity index (χ1) is 9.29. The van der Waals surface area contributed by atoms with E-state index in [1.165, 1.54) is 51.4 Å². The second kappa shape index (κ2) is 9.43. The number of nitrogens with two attached hydrogens (primary N) is 1. The van der Waals surface area contributed by atoms with E-state index in [1.807, 2.05) is 6.07 Å². The highest BCUT2D eigenvalue weighted by Gasteiger charge is 2.05. The van der Waals surface area contributed by atoms with Gasteiger partial charge in [-0.3, -0.25) is 0 Å². The predicted octanol–water partition coefficient (Wildman–Crippen LogP) is 3.87. The monoisotopic (exact) mass is 262 g/mol. The van der Waals surface area contributed by atoms with E-state index in [0.29, 0.717) is 11.4 Å². The van der Waals surface area contributed by atoms with Crippen LogP contribution in [0.5, 0.6) is 0 Å². The van der Waals surface area contributed by atoms with Crippen molar-refractivity contribution in [2.45, 2.75) is 71.3 Å². The number of nitriles is 1. The molecule has 0 spiro atoms. The summed E-state index contributed by atoms with van der Waals surface area (Å²) in [7, 11) is 0. The predicted molar refractivity (Wildman–Crippen MR) is 78.6 cm³/mol. The number of aryl methyl sites for hydroxylation is 1. The largest absolute Gasteiger partial charge is 0.383 e.